The minimum absolute atomic E-state index is 0.0991. The van der Waals surface area contributed by atoms with Crippen molar-refractivity contribution in [1.82, 2.24) is 4.98 Å². The van der Waals surface area contributed by atoms with Crippen LogP contribution in [0.3, 0.4) is 0 Å². The van der Waals surface area contributed by atoms with Crippen LogP contribution in [0.1, 0.15) is 30.7 Å². The fraction of sp³-hybridized carbons (Fsp3) is 0.400. The lowest BCUT2D eigenvalue weighted by atomic mass is 9.98. The van der Waals surface area contributed by atoms with Gasteiger partial charge in [0.15, 0.2) is 0 Å². The summed E-state index contributed by atoms with van der Waals surface area (Å²) in [6.45, 7) is 7.25. The minimum atomic E-state index is -0.945. The first kappa shape index (κ1) is 15.2. The summed E-state index contributed by atoms with van der Waals surface area (Å²) in [7, 11) is -0.945. The molecule has 0 saturated heterocycles. The zero-order valence-electron chi connectivity index (χ0n) is 12.3. The second-order valence-corrected chi connectivity index (χ2v) is 8.21. The van der Waals surface area contributed by atoms with Gasteiger partial charge < -0.3 is 5.32 Å². The molecule has 1 unspecified atom stereocenters. The third-order valence-corrected chi connectivity index (χ3v) is 5.17. The molecule has 2 rings (SSSR count). The average Bonchev–Trinajstić information content (AvgIpc) is 2.85. The van der Waals surface area contributed by atoms with Gasteiger partial charge in [0.1, 0.15) is 0 Å². The van der Waals surface area contributed by atoms with E-state index in [4.69, 9.17) is 0 Å². The maximum Gasteiger partial charge on any atom is 0.0981 e. The molecular weight excluding hydrogens is 288 g/mol. The van der Waals surface area contributed by atoms with E-state index in [0.717, 1.165) is 22.1 Å². The number of nitrogens with one attached hydrogen (secondary N) is 1. The largest absolute Gasteiger partial charge is 0.380 e. The summed E-state index contributed by atoms with van der Waals surface area (Å²) in [5.41, 5.74) is 1.09. The van der Waals surface area contributed by atoms with E-state index in [1.165, 1.54) is 4.88 Å². The Kier molecular flexibility index (Phi) is 4.60. The van der Waals surface area contributed by atoms with Gasteiger partial charge in [-0.1, -0.05) is 26.8 Å². The van der Waals surface area contributed by atoms with Gasteiger partial charge in [-0.15, -0.1) is 11.3 Å². The number of anilines is 1. The summed E-state index contributed by atoms with van der Waals surface area (Å²) >= 11 is 1.74. The average molecular weight is 308 g/mol. The van der Waals surface area contributed by atoms with Gasteiger partial charge in [0.2, 0.25) is 0 Å². The molecule has 0 saturated carbocycles. The summed E-state index contributed by atoms with van der Waals surface area (Å²) in [5, 5.41) is 4.51. The lowest BCUT2D eigenvalue weighted by molar-refractivity contribution is 0.585. The van der Waals surface area contributed by atoms with Gasteiger partial charge in [0, 0.05) is 44.1 Å². The van der Waals surface area contributed by atoms with Crippen molar-refractivity contribution in [2.75, 3.05) is 11.6 Å². The van der Waals surface area contributed by atoms with Crippen molar-refractivity contribution in [2.45, 2.75) is 37.6 Å². The molecule has 20 heavy (non-hydrogen) atoms. The van der Waals surface area contributed by atoms with E-state index in [-0.39, 0.29) is 5.41 Å². The summed E-state index contributed by atoms with van der Waals surface area (Å²) in [4.78, 5) is 6.52. The molecule has 0 fully saturated rings. The molecule has 2 aromatic rings. The van der Waals surface area contributed by atoms with Crippen LogP contribution in [0.5, 0.6) is 0 Å². The number of thiazole rings is 1. The third kappa shape index (κ3) is 3.90. The van der Waals surface area contributed by atoms with E-state index in [0.29, 0.717) is 0 Å². The Morgan fingerprint density at radius 1 is 1.35 bits per heavy atom. The molecule has 0 amide bonds. The fourth-order valence-corrected chi connectivity index (χ4v) is 3.18. The second kappa shape index (κ2) is 6.06. The highest BCUT2D eigenvalue weighted by Crippen LogP contribution is 2.27. The van der Waals surface area contributed by atoms with E-state index in [2.05, 4.69) is 31.1 Å². The Morgan fingerprint density at radius 3 is 2.70 bits per heavy atom. The number of hydrogen-bond donors (Lipinski definition) is 1. The van der Waals surface area contributed by atoms with Gasteiger partial charge in [-0.3, -0.25) is 4.21 Å². The van der Waals surface area contributed by atoms with Crippen LogP contribution >= 0.6 is 11.3 Å². The third-order valence-electron chi connectivity index (χ3n) is 2.83. The molecule has 1 heterocycles. The van der Waals surface area contributed by atoms with E-state index in [1.54, 1.807) is 17.6 Å². The predicted molar refractivity (Wildman–Crippen MR) is 86.9 cm³/mol. The number of nitrogens with zero attached hydrogens (tertiary/aromatic N) is 1. The van der Waals surface area contributed by atoms with E-state index < -0.39 is 10.8 Å². The highest BCUT2D eigenvalue weighted by molar-refractivity contribution is 7.84. The van der Waals surface area contributed by atoms with Crippen molar-refractivity contribution in [3.05, 3.63) is 40.3 Å². The molecule has 0 radical (unpaired) electrons. The number of rotatable bonds is 4. The highest BCUT2D eigenvalue weighted by atomic mass is 32.2. The molecule has 1 atom stereocenters. The number of benzene rings is 1. The Labute approximate surface area is 126 Å². The molecule has 3 nitrogen and oxygen atoms in total. The van der Waals surface area contributed by atoms with E-state index >= 15 is 0 Å². The first-order chi connectivity index (χ1) is 9.36. The Bertz CT molecular complexity index is 614. The summed E-state index contributed by atoms with van der Waals surface area (Å²) in [5.74, 6) is 0. The second-order valence-electron chi connectivity index (χ2n) is 5.72. The number of hydrogen-bond acceptors (Lipinski definition) is 4. The lowest BCUT2D eigenvalue weighted by Gasteiger charge is -2.13. The van der Waals surface area contributed by atoms with Crippen LogP contribution in [0.4, 0.5) is 5.69 Å². The van der Waals surface area contributed by atoms with E-state index in [1.807, 2.05) is 30.5 Å². The van der Waals surface area contributed by atoms with Crippen molar-refractivity contribution in [2.24, 2.45) is 0 Å². The molecule has 1 aromatic heterocycles. The lowest BCUT2D eigenvalue weighted by Crippen LogP contribution is -2.09. The first-order valence-electron chi connectivity index (χ1n) is 6.49. The zero-order chi connectivity index (χ0) is 14.8. The minimum Gasteiger partial charge on any atom is -0.380 e. The van der Waals surface area contributed by atoms with Crippen LogP contribution in [0.2, 0.25) is 0 Å². The molecule has 108 valence electrons. The van der Waals surface area contributed by atoms with Crippen LogP contribution in [0.15, 0.2) is 35.4 Å². The van der Waals surface area contributed by atoms with Gasteiger partial charge in [-0.2, -0.15) is 0 Å². The van der Waals surface area contributed by atoms with Crippen molar-refractivity contribution >= 4 is 27.8 Å². The van der Waals surface area contributed by atoms with Crippen LogP contribution in [-0.2, 0) is 22.8 Å². The topological polar surface area (TPSA) is 42.0 Å². The van der Waals surface area contributed by atoms with Gasteiger partial charge in [-0.05, 0) is 18.2 Å². The predicted octanol–water partition coefficient (Wildman–Crippen LogP) is 3.79. The first-order valence-corrected chi connectivity index (χ1v) is 8.86. The molecule has 0 bridgehead atoms. The smallest absolute Gasteiger partial charge is 0.0981 e. The van der Waals surface area contributed by atoms with Crippen molar-refractivity contribution in [3.8, 4) is 0 Å². The van der Waals surface area contributed by atoms with Crippen molar-refractivity contribution in [3.63, 3.8) is 0 Å². The van der Waals surface area contributed by atoms with Crippen LogP contribution < -0.4 is 5.32 Å². The SMILES string of the molecule is CS(=O)c1cccc(NCc2cnc(C(C)(C)C)s2)c1. The van der Waals surface area contributed by atoms with Gasteiger partial charge >= 0.3 is 0 Å². The zero-order valence-corrected chi connectivity index (χ0v) is 13.9. The van der Waals surface area contributed by atoms with Gasteiger partial charge in [-0.25, -0.2) is 4.98 Å². The fourth-order valence-electron chi connectivity index (χ4n) is 1.71. The molecule has 1 N–H and O–H groups in total. The van der Waals surface area contributed by atoms with Gasteiger partial charge in [0.25, 0.3) is 0 Å². The van der Waals surface area contributed by atoms with Gasteiger partial charge in [0.05, 0.1) is 11.6 Å². The Morgan fingerprint density at radius 2 is 2.10 bits per heavy atom. The van der Waals surface area contributed by atoms with Crippen LogP contribution in [0.25, 0.3) is 0 Å². The molecule has 0 spiro atoms. The molecular formula is C15H20N2OS2. The Balaban J connectivity index is 2.04. The standard InChI is InChI=1S/C15H20N2OS2/c1-15(2,3)14-17-10-12(19-14)9-16-11-6-5-7-13(8-11)20(4)18/h5-8,10,16H,9H2,1-4H3. The van der Waals surface area contributed by atoms with Crippen LogP contribution in [0, 0.1) is 0 Å². The van der Waals surface area contributed by atoms with Crippen molar-refractivity contribution < 1.29 is 4.21 Å². The maximum atomic E-state index is 11.5. The van der Waals surface area contributed by atoms with Crippen LogP contribution in [-0.4, -0.2) is 15.4 Å². The highest BCUT2D eigenvalue weighted by Gasteiger charge is 2.17. The molecule has 0 aliphatic rings. The quantitative estimate of drug-likeness (QED) is 0.934. The van der Waals surface area contributed by atoms with E-state index in [9.17, 15) is 4.21 Å². The van der Waals surface area contributed by atoms with Crippen molar-refractivity contribution in [1.29, 1.82) is 0 Å². The normalized spacial score (nSPS) is 13.2. The molecule has 5 heteroatoms. The number of aromatic nitrogens is 1. The monoisotopic (exact) mass is 308 g/mol. The molecule has 1 aromatic carbocycles. The molecule has 0 aliphatic carbocycles. The summed E-state index contributed by atoms with van der Waals surface area (Å²) in [6.07, 6.45) is 3.62. The Hall–Kier alpha value is -1.20. The maximum absolute atomic E-state index is 11.5. The summed E-state index contributed by atoms with van der Waals surface area (Å²) < 4.78 is 11.5. The molecule has 0 aliphatic heterocycles. The summed E-state index contributed by atoms with van der Waals surface area (Å²) in [6, 6.07) is 7.72.